The van der Waals surface area contributed by atoms with Crippen molar-refractivity contribution in [1.82, 2.24) is 0 Å². The van der Waals surface area contributed by atoms with Gasteiger partial charge in [-0.05, 0) is 35.4 Å². The van der Waals surface area contributed by atoms with Crippen molar-refractivity contribution in [2.75, 3.05) is 0 Å². The van der Waals surface area contributed by atoms with Crippen molar-refractivity contribution in [3.05, 3.63) is 58.9 Å². The van der Waals surface area contributed by atoms with Gasteiger partial charge in [0, 0.05) is 0 Å². The van der Waals surface area contributed by atoms with Gasteiger partial charge in [0.05, 0.1) is 22.8 Å². The maximum absolute atomic E-state index is 13.5. The molecule has 2 rings (SSSR count). The van der Waals surface area contributed by atoms with Crippen molar-refractivity contribution < 1.29 is 17.6 Å². The number of nitrogens with zero attached hydrogens (tertiary/aromatic N) is 2. The molecule has 0 aromatic heterocycles. The summed E-state index contributed by atoms with van der Waals surface area (Å²) < 4.78 is 52.1. The highest BCUT2D eigenvalue weighted by Gasteiger charge is 2.33. The normalized spacial score (nSPS) is 10.8. The van der Waals surface area contributed by atoms with E-state index in [2.05, 4.69) is 0 Å². The summed E-state index contributed by atoms with van der Waals surface area (Å²) in [5, 5.41) is 17.3. The number of hydrogen-bond acceptors (Lipinski definition) is 2. The predicted molar refractivity (Wildman–Crippen MR) is 66.3 cm³/mol. The van der Waals surface area contributed by atoms with Crippen LogP contribution < -0.4 is 0 Å². The van der Waals surface area contributed by atoms with Gasteiger partial charge in [-0.15, -0.1) is 0 Å². The molecular formula is C15H6F4N2. The second-order valence-electron chi connectivity index (χ2n) is 4.18. The molecule has 0 radical (unpaired) electrons. The highest BCUT2D eigenvalue weighted by Crippen LogP contribution is 2.35. The lowest BCUT2D eigenvalue weighted by Crippen LogP contribution is -2.08. The second kappa shape index (κ2) is 5.26. The summed E-state index contributed by atoms with van der Waals surface area (Å²) in [4.78, 5) is 0. The van der Waals surface area contributed by atoms with Crippen molar-refractivity contribution in [3.8, 4) is 23.3 Å². The molecule has 0 unspecified atom stereocenters. The van der Waals surface area contributed by atoms with E-state index in [-0.39, 0.29) is 16.7 Å². The number of hydrogen-bond donors (Lipinski definition) is 0. The number of benzene rings is 2. The van der Waals surface area contributed by atoms with Crippen LogP contribution in [0.25, 0.3) is 11.1 Å². The fourth-order valence-electron chi connectivity index (χ4n) is 1.84. The van der Waals surface area contributed by atoms with Crippen molar-refractivity contribution in [2.24, 2.45) is 0 Å². The Labute approximate surface area is 117 Å². The monoisotopic (exact) mass is 290 g/mol. The molecule has 0 heterocycles. The Bertz CT molecular complexity index is 780. The van der Waals surface area contributed by atoms with E-state index < -0.39 is 23.1 Å². The number of rotatable bonds is 1. The van der Waals surface area contributed by atoms with Crippen molar-refractivity contribution in [2.45, 2.75) is 6.18 Å². The van der Waals surface area contributed by atoms with Gasteiger partial charge in [-0.3, -0.25) is 0 Å². The lowest BCUT2D eigenvalue weighted by Gasteiger charge is -2.11. The minimum absolute atomic E-state index is 0.115. The largest absolute Gasteiger partial charge is 0.417 e. The van der Waals surface area contributed by atoms with Crippen LogP contribution in [0.15, 0.2) is 36.4 Å². The SMILES string of the molecule is N#Cc1ccc(-c2ccc(C#N)c(C(F)(F)F)c2)cc1F. The van der Waals surface area contributed by atoms with Gasteiger partial charge in [0.15, 0.2) is 0 Å². The van der Waals surface area contributed by atoms with Gasteiger partial charge < -0.3 is 0 Å². The van der Waals surface area contributed by atoms with E-state index in [1.165, 1.54) is 24.3 Å². The number of nitriles is 2. The third-order valence-corrected chi connectivity index (χ3v) is 2.87. The summed E-state index contributed by atoms with van der Waals surface area (Å²) in [6.07, 6.45) is -4.67. The fourth-order valence-corrected chi connectivity index (χ4v) is 1.84. The summed E-state index contributed by atoms with van der Waals surface area (Å²) in [7, 11) is 0. The predicted octanol–water partition coefficient (Wildman–Crippen LogP) is 4.25. The molecule has 6 heteroatoms. The molecule has 0 aliphatic carbocycles. The third-order valence-electron chi connectivity index (χ3n) is 2.87. The van der Waals surface area contributed by atoms with E-state index in [1.54, 1.807) is 6.07 Å². The lowest BCUT2D eigenvalue weighted by molar-refractivity contribution is -0.137. The van der Waals surface area contributed by atoms with Gasteiger partial charge in [0.25, 0.3) is 0 Å². The van der Waals surface area contributed by atoms with Gasteiger partial charge in [-0.1, -0.05) is 12.1 Å². The third kappa shape index (κ3) is 2.85. The summed E-state index contributed by atoms with van der Waals surface area (Å²) in [5.74, 6) is -0.812. The van der Waals surface area contributed by atoms with Crippen LogP contribution in [0.3, 0.4) is 0 Å². The first-order chi connectivity index (χ1) is 9.86. The Kier molecular flexibility index (Phi) is 3.64. The molecule has 0 aliphatic heterocycles. The molecule has 2 aromatic carbocycles. The van der Waals surface area contributed by atoms with E-state index in [9.17, 15) is 17.6 Å². The molecule has 2 aromatic rings. The van der Waals surface area contributed by atoms with E-state index in [4.69, 9.17) is 10.5 Å². The second-order valence-corrected chi connectivity index (χ2v) is 4.18. The zero-order chi connectivity index (χ0) is 15.6. The minimum atomic E-state index is -4.67. The number of halogens is 4. The van der Waals surface area contributed by atoms with Crippen molar-refractivity contribution >= 4 is 0 Å². The molecular weight excluding hydrogens is 284 g/mol. The zero-order valence-electron chi connectivity index (χ0n) is 10.4. The Morgan fingerprint density at radius 1 is 0.810 bits per heavy atom. The molecule has 0 spiro atoms. The van der Waals surface area contributed by atoms with Crippen LogP contribution >= 0.6 is 0 Å². The van der Waals surface area contributed by atoms with Gasteiger partial charge in [-0.2, -0.15) is 23.7 Å². The smallest absolute Gasteiger partial charge is 0.206 e. The maximum Gasteiger partial charge on any atom is 0.417 e. The first-order valence-corrected chi connectivity index (χ1v) is 5.68. The Morgan fingerprint density at radius 2 is 1.33 bits per heavy atom. The summed E-state index contributed by atoms with van der Waals surface area (Å²) in [5.41, 5.74) is -1.46. The fraction of sp³-hybridized carbons (Fsp3) is 0.0667. The maximum atomic E-state index is 13.5. The van der Waals surface area contributed by atoms with Crippen molar-refractivity contribution in [3.63, 3.8) is 0 Å². The highest BCUT2D eigenvalue weighted by molar-refractivity contribution is 5.67. The Balaban J connectivity index is 2.59. The van der Waals surface area contributed by atoms with Gasteiger partial charge >= 0.3 is 6.18 Å². The molecule has 0 saturated heterocycles. The molecule has 0 amide bonds. The Hall–Kier alpha value is -2.86. The Morgan fingerprint density at radius 3 is 1.81 bits per heavy atom. The van der Waals surface area contributed by atoms with Crippen molar-refractivity contribution in [1.29, 1.82) is 10.5 Å². The topological polar surface area (TPSA) is 47.6 Å². The minimum Gasteiger partial charge on any atom is -0.206 e. The van der Waals surface area contributed by atoms with Crippen LogP contribution in [0, 0.1) is 28.5 Å². The first kappa shape index (κ1) is 14.5. The standard InChI is InChI=1S/C15H6F4N2/c16-14-6-10(2-4-12(14)8-21)9-1-3-11(7-20)13(5-9)15(17,18)19/h1-6H. The van der Waals surface area contributed by atoms with Gasteiger partial charge in [0.1, 0.15) is 11.9 Å². The number of alkyl halides is 3. The summed E-state index contributed by atoms with van der Waals surface area (Å²) >= 11 is 0. The van der Waals surface area contributed by atoms with Crippen LogP contribution in [0.2, 0.25) is 0 Å². The molecule has 0 bridgehead atoms. The van der Waals surface area contributed by atoms with Crippen LogP contribution in [-0.4, -0.2) is 0 Å². The van der Waals surface area contributed by atoms with Crippen LogP contribution in [0.5, 0.6) is 0 Å². The summed E-state index contributed by atoms with van der Waals surface area (Å²) in [6.45, 7) is 0. The van der Waals surface area contributed by atoms with Gasteiger partial charge in [0.2, 0.25) is 0 Å². The van der Waals surface area contributed by atoms with E-state index in [0.717, 1.165) is 18.2 Å². The highest BCUT2D eigenvalue weighted by atomic mass is 19.4. The first-order valence-electron chi connectivity index (χ1n) is 5.68. The lowest BCUT2D eigenvalue weighted by atomic mass is 9.98. The van der Waals surface area contributed by atoms with Crippen LogP contribution in [0.1, 0.15) is 16.7 Å². The van der Waals surface area contributed by atoms with E-state index >= 15 is 0 Å². The zero-order valence-corrected chi connectivity index (χ0v) is 10.4. The van der Waals surface area contributed by atoms with E-state index in [1.807, 2.05) is 0 Å². The molecule has 0 fully saturated rings. The average Bonchev–Trinajstić information content (AvgIpc) is 2.45. The molecule has 0 N–H and O–H groups in total. The van der Waals surface area contributed by atoms with Crippen LogP contribution in [0.4, 0.5) is 17.6 Å². The molecule has 0 saturated carbocycles. The van der Waals surface area contributed by atoms with E-state index in [0.29, 0.717) is 0 Å². The molecule has 2 nitrogen and oxygen atoms in total. The van der Waals surface area contributed by atoms with Crippen LogP contribution in [-0.2, 0) is 6.18 Å². The molecule has 0 aliphatic rings. The summed E-state index contributed by atoms with van der Waals surface area (Å²) in [6, 6.07) is 9.76. The van der Waals surface area contributed by atoms with Gasteiger partial charge in [-0.25, -0.2) is 4.39 Å². The molecule has 0 atom stereocenters. The quantitative estimate of drug-likeness (QED) is 0.737. The average molecular weight is 290 g/mol. The molecule has 104 valence electrons. The molecule has 21 heavy (non-hydrogen) atoms.